The van der Waals surface area contributed by atoms with Gasteiger partial charge in [0.1, 0.15) is 5.82 Å². The van der Waals surface area contributed by atoms with Gasteiger partial charge < -0.3 is 16.0 Å². The first-order valence-electron chi connectivity index (χ1n) is 9.04. The maximum atomic E-state index is 12.3. The Morgan fingerprint density at radius 1 is 0.867 bits per heavy atom. The van der Waals surface area contributed by atoms with Crippen LogP contribution in [0.1, 0.15) is 6.92 Å². The summed E-state index contributed by atoms with van der Waals surface area (Å²) in [4.78, 5) is 15.1. The van der Waals surface area contributed by atoms with Crippen LogP contribution in [-0.2, 0) is 14.8 Å². The Bertz CT molecular complexity index is 1070. The van der Waals surface area contributed by atoms with Crippen LogP contribution in [0.15, 0.2) is 65.8 Å². The standard InChI is InChI=1S/C19H21N7O3S/c1-14(27)23-15-2-4-17(5-3-15)30(28,29)22-13-12-21-18-6-7-19(26-25-18)24-16-8-10-20-11-9-16/h2-11,22H,12-13H2,1H3,(H,21,25)(H,23,27)(H,20,24,26). The van der Waals surface area contributed by atoms with Crippen LogP contribution in [0.25, 0.3) is 0 Å². The molecule has 3 aromatic rings. The van der Waals surface area contributed by atoms with Gasteiger partial charge >= 0.3 is 0 Å². The van der Waals surface area contributed by atoms with E-state index >= 15 is 0 Å². The van der Waals surface area contributed by atoms with Gasteiger partial charge in [-0.2, -0.15) is 0 Å². The van der Waals surface area contributed by atoms with E-state index in [1.807, 2.05) is 12.1 Å². The molecule has 0 saturated heterocycles. The highest BCUT2D eigenvalue weighted by atomic mass is 32.2. The van der Waals surface area contributed by atoms with Gasteiger partial charge in [-0.1, -0.05) is 0 Å². The van der Waals surface area contributed by atoms with Gasteiger partial charge in [0.2, 0.25) is 15.9 Å². The highest BCUT2D eigenvalue weighted by Crippen LogP contribution is 2.14. The van der Waals surface area contributed by atoms with Gasteiger partial charge in [0, 0.05) is 43.8 Å². The fourth-order valence-corrected chi connectivity index (χ4v) is 3.49. The molecule has 2 heterocycles. The minimum Gasteiger partial charge on any atom is -0.367 e. The Hall–Kier alpha value is -3.57. The zero-order chi connectivity index (χ0) is 21.4. The van der Waals surface area contributed by atoms with Crippen molar-refractivity contribution >= 4 is 38.9 Å². The zero-order valence-electron chi connectivity index (χ0n) is 16.2. The molecule has 1 aromatic carbocycles. The third-order valence-electron chi connectivity index (χ3n) is 3.83. The summed E-state index contributed by atoms with van der Waals surface area (Å²) in [7, 11) is -3.66. The number of amides is 1. The molecule has 0 aliphatic rings. The van der Waals surface area contributed by atoms with E-state index in [1.54, 1.807) is 24.5 Å². The van der Waals surface area contributed by atoms with Crippen LogP contribution in [0.3, 0.4) is 0 Å². The second-order valence-electron chi connectivity index (χ2n) is 6.19. The molecule has 3 rings (SSSR count). The molecule has 4 N–H and O–H groups in total. The molecule has 1 amide bonds. The molecule has 0 unspecified atom stereocenters. The van der Waals surface area contributed by atoms with Crippen molar-refractivity contribution in [3.8, 4) is 0 Å². The lowest BCUT2D eigenvalue weighted by Crippen LogP contribution is -2.29. The predicted molar refractivity (Wildman–Crippen MR) is 114 cm³/mol. The van der Waals surface area contributed by atoms with Crippen LogP contribution in [0.4, 0.5) is 23.0 Å². The molecular weight excluding hydrogens is 406 g/mol. The molecule has 0 aliphatic heterocycles. The quantitative estimate of drug-likeness (QED) is 0.380. The predicted octanol–water partition coefficient (Wildman–Crippen LogP) is 1.96. The fourth-order valence-electron chi connectivity index (χ4n) is 2.46. The summed E-state index contributed by atoms with van der Waals surface area (Å²) in [5.74, 6) is 0.878. The number of sulfonamides is 1. The van der Waals surface area contributed by atoms with Crippen LogP contribution in [0.2, 0.25) is 0 Å². The summed E-state index contributed by atoms with van der Waals surface area (Å²) in [6.45, 7) is 1.87. The van der Waals surface area contributed by atoms with E-state index in [4.69, 9.17) is 0 Å². The lowest BCUT2D eigenvalue weighted by atomic mass is 10.3. The number of aromatic nitrogens is 3. The first-order chi connectivity index (χ1) is 14.4. The van der Waals surface area contributed by atoms with Crippen molar-refractivity contribution in [1.29, 1.82) is 0 Å². The average molecular weight is 427 g/mol. The number of carbonyl (C=O) groups excluding carboxylic acids is 1. The third-order valence-corrected chi connectivity index (χ3v) is 5.30. The molecule has 10 nitrogen and oxygen atoms in total. The summed E-state index contributed by atoms with van der Waals surface area (Å²) in [6.07, 6.45) is 3.34. The molecular formula is C19H21N7O3S. The van der Waals surface area contributed by atoms with E-state index in [9.17, 15) is 13.2 Å². The molecule has 0 bridgehead atoms. The van der Waals surface area contributed by atoms with E-state index in [1.165, 1.54) is 31.2 Å². The fraction of sp³-hybridized carbons (Fsp3) is 0.158. The van der Waals surface area contributed by atoms with Gasteiger partial charge in [-0.15, -0.1) is 10.2 Å². The van der Waals surface area contributed by atoms with Gasteiger partial charge in [-0.3, -0.25) is 9.78 Å². The number of nitrogens with zero attached hydrogens (tertiary/aromatic N) is 3. The van der Waals surface area contributed by atoms with Crippen molar-refractivity contribution in [2.45, 2.75) is 11.8 Å². The summed E-state index contributed by atoms with van der Waals surface area (Å²) in [5.41, 5.74) is 1.38. The second kappa shape index (κ2) is 9.76. The van der Waals surface area contributed by atoms with Crippen LogP contribution < -0.4 is 20.7 Å². The van der Waals surface area contributed by atoms with E-state index in [2.05, 4.69) is 35.9 Å². The number of hydrogen-bond donors (Lipinski definition) is 4. The highest BCUT2D eigenvalue weighted by Gasteiger charge is 2.13. The van der Waals surface area contributed by atoms with Gasteiger partial charge in [0.05, 0.1) is 4.90 Å². The first kappa shape index (κ1) is 21.1. The number of pyridine rings is 1. The molecule has 2 aromatic heterocycles. The van der Waals surface area contributed by atoms with Gasteiger partial charge in [-0.25, -0.2) is 13.1 Å². The van der Waals surface area contributed by atoms with Crippen molar-refractivity contribution in [3.63, 3.8) is 0 Å². The van der Waals surface area contributed by atoms with Crippen LogP contribution in [0, 0.1) is 0 Å². The third kappa shape index (κ3) is 6.22. The molecule has 0 atom stereocenters. The SMILES string of the molecule is CC(=O)Nc1ccc(S(=O)(=O)NCCNc2ccc(Nc3ccncc3)nn2)cc1. The minimum absolute atomic E-state index is 0.114. The molecule has 0 radical (unpaired) electrons. The Morgan fingerprint density at radius 3 is 2.17 bits per heavy atom. The summed E-state index contributed by atoms with van der Waals surface area (Å²) in [6, 6.07) is 13.1. The molecule has 156 valence electrons. The van der Waals surface area contributed by atoms with Crippen molar-refractivity contribution in [3.05, 3.63) is 60.9 Å². The maximum Gasteiger partial charge on any atom is 0.240 e. The topological polar surface area (TPSA) is 138 Å². The smallest absolute Gasteiger partial charge is 0.240 e. The number of benzene rings is 1. The highest BCUT2D eigenvalue weighted by molar-refractivity contribution is 7.89. The van der Waals surface area contributed by atoms with E-state index in [0.717, 1.165) is 5.69 Å². The zero-order valence-corrected chi connectivity index (χ0v) is 17.0. The number of carbonyl (C=O) groups is 1. The summed E-state index contributed by atoms with van der Waals surface area (Å²) >= 11 is 0. The van der Waals surface area contributed by atoms with Crippen molar-refractivity contribution in [2.24, 2.45) is 0 Å². The molecule has 0 spiro atoms. The van der Waals surface area contributed by atoms with Crippen LogP contribution in [0.5, 0.6) is 0 Å². The van der Waals surface area contributed by atoms with E-state index in [-0.39, 0.29) is 17.3 Å². The van der Waals surface area contributed by atoms with E-state index in [0.29, 0.717) is 23.9 Å². The largest absolute Gasteiger partial charge is 0.367 e. The van der Waals surface area contributed by atoms with Crippen molar-refractivity contribution in [2.75, 3.05) is 29.0 Å². The number of nitrogens with one attached hydrogen (secondary N) is 4. The minimum atomic E-state index is -3.66. The van der Waals surface area contributed by atoms with E-state index < -0.39 is 10.0 Å². The molecule has 0 aliphatic carbocycles. The molecule has 0 fully saturated rings. The van der Waals surface area contributed by atoms with Crippen LogP contribution >= 0.6 is 0 Å². The lowest BCUT2D eigenvalue weighted by molar-refractivity contribution is -0.114. The number of hydrogen-bond acceptors (Lipinski definition) is 8. The lowest BCUT2D eigenvalue weighted by Gasteiger charge is -2.09. The number of anilines is 4. The monoisotopic (exact) mass is 427 g/mol. The second-order valence-corrected chi connectivity index (χ2v) is 7.96. The Labute approximate surface area is 174 Å². The summed E-state index contributed by atoms with van der Waals surface area (Å²) < 4.78 is 27.2. The van der Waals surface area contributed by atoms with Gasteiger partial charge in [0.25, 0.3) is 0 Å². The Balaban J connectivity index is 1.46. The van der Waals surface area contributed by atoms with Crippen molar-refractivity contribution < 1.29 is 13.2 Å². The van der Waals surface area contributed by atoms with Crippen LogP contribution in [-0.4, -0.2) is 42.6 Å². The van der Waals surface area contributed by atoms with Crippen molar-refractivity contribution in [1.82, 2.24) is 19.9 Å². The Morgan fingerprint density at radius 2 is 1.53 bits per heavy atom. The van der Waals surface area contributed by atoms with Gasteiger partial charge in [-0.05, 0) is 48.5 Å². The molecule has 0 saturated carbocycles. The molecule has 30 heavy (non-hydrogen) atoms. The normalized spacial score (nSPS) is 11.0. The number of rotatable bonds is 9. The molecule has 11 heteroatoms. The summed E-state index contributed by atoms with van der Waals surface area (Å²) in [5, 5.41) is 16.8. The first-order valence-corrected chi connectivity index (χ1v) is 10.5. The average Bonchev–Trinajstić information content (AvgIpc) is 2.73. The Kier molecular flexibility index (Phi) is 6.88. The maximum absolute atomic E-state index is 12.3. The van der Waals surface area contributed by atoms with Gasteiger partial charge in [0.15, 0.2) is 5.82 Å².